The molecule has 120 valence electrons. The van der Waals surface area contributed by atoms with Crippen molar-refractivity contribution < 1.29 is 14.6 Å². The van der Waals surface area contributed by atoms with Crippen molar-refractivity contribution in [3.05, 3.63) is 52.5 Å². The maximum atomic E-state index is 10.4. The summed E-state index contributed by atoms with van der Waals surface area (Å²) in [5, 5.41) is 23.1. The molecule has 2 rings (SSSR count). The van der Waals surface area contributed by atoms with Crippen LogP contribution in [0.25, 0.3) is 0 Å². The van der Waals surface area contributed by atoms with Gasteiger partial charge >= 0.3 is 0 Å². The molecule has 0 aliphatic heterocycles. The number of ether oxygens (including phenoxy) is 2. The van der Waals surface area contributed by atoms with Gasteiger partial charge in [0.25, 0.3) is 0 Å². The van der Waals surface area contributed by atoms with Crippen molar-refractivity contribution in [2.24, 2.45) is 0 Å². The van der Waals surface area contributed by atoms with E-state index in [0.29, 0.717) is 33.3 Å². The Balaban J connectivity index is 2.17. The van der Waals surface area contributed by atoms with Crippen molar-refractivity contribution in [3.8, 4) is 17.6 Å². The van der Waals surface area contributed by atoms with E-state index in [0.717, 1.165) is 0 Å². The van der Waals surface area contributed by atoms with Gasteiger partial charge in [0, 0.05) is 17.1 Å². The second-order valence-electron chi connectivity index (χ2n) is 4.81. The summed E-state index contributed by atoms with van der Waals surface area (Å²) >= 11 is 5.87. The zero-order valence-electron chi connectivity index (χ0n) is 12.8. The lowest BCUT2D eigenvalue weighted by molar-refractivity contribution is 0.186. The van der Waals surface area contributed by atoms with E-state index in [1.54, 1.807) is 50.6 Å². The number of hydrogen-bond donors (Lipinski definition) is 2. The molecule has 2 aromatic rings. The summed E-state index contributed by atoms with van der Waals surface area (Å²) in [5.41, 5.74) is 1.63. The quantitative estimate of drug-likeness (QED) is 0.848. The Hall–Kier alpha value is -2.42. The van der Waals surface area contributed by atoms with Crippen LogP contribution in [-0.2, 0) is 0 Å². The topological polar surface area (TPSA) is 74.5 Å². The van der Waals surface area contributed by atoms with Crippen molar-refractivity contribution in [3.63, 3.8) is 0 Å². The zero-order chi connectivity index (χ0) is 16.8. The molecule has 1 atom stereocenters. The molecule has 0 aromatic heterocycles. The fraction of sp³-hybridized carbons (Fsp3) is 0.235. The molecule has 0 fully saturated rings. The van der Waals surface area contributed by atoms with Gasteiger partial charge in [0.2, 0.25) is 0 Å². The smallest absolute Gasteiger partial charge is 0.124 e. The number of nitriles is 1. The largest absolute Gasteiger partial charge is 0.497 e. The number of methoxy groups -OCH3 is 2. The van der Waals surface area contributed by atoms with Crippen molar-refractivity contribution in [1.29, 1.82) is 5.26 Å². The van der Waals surface area contributed by atoms with Crippen LogP contribution in [-0.4, -0.2) is 25.9 Å². The number of hydrogen-bond acceptors (Lipinski definition) is 5. The maximum absolute atomic E-state index is 10.4. The lowest BCUT2D eigenvalue weighted by atomic mass is 10.1. The number of aliphatic hydroxyl groups excluding tert-OH is 1. The summed E-state index contributed by atoms with van der Waals surface area (Å²) in [6.07, 6.45) is -0.831. The summed E-state index contributed by atoms with van der Waals surface area (Å²) in [7, 11) is 3.10. The molecule has 6 heteroatoms. The second kappa shape index (κ2) is 7.73. The van der Waals surface area contributed by atoms with Crippen LogP contribution >= 0.6 is 11.6 Å². The SMILES string of the molecule is COc1ccc(OC)c(C(O)CNc2ccc(Cl)cc2C#N)c1. The lowest BCUT2D eigenvalue weighted by Crippen LogP contribution is -2.14. The fourth-order valence-electron chi connectivity index (χ4n) is 2.18. The summed E-state index contributed by atoms with van der Waals surface area (Å²) in [6, 6.07) is 12.2. The molecule has 5 nitrogen and oxygen atoms in total. The zero-order valence-corrected chi connectivity index (χ0v) is 13.6. The molecule has 0 amide bonds. The number of nitrogens with zero attached hydrogens (tertiary/aromatic N) is 1. The van der Waals surface area contributed by atoms with Crippen LogP contribution in [0.4, 0.5) is 5.69 Å². The van der Waals surface area contributed by atoms with Crippen molar-refractivity contribution in [2.45, 2.75) is 6.10 Å². The van der Waals surface area contributed by atoms with Gasteiger partial charge in [-0.05, 0) is 36.4 Å². The predicted octanol–water partition coefficient (Wildman–Crippen LogP) is 3.37. The van der Waals surface area contributed by atoms with E-state index >= 15 is 0 Å². The molecule has 0 saturated heterocycles. The van der Waals surface area contributed by atoms with Crippen molar-refractivity contribution >= 4 is 17.3 Å². The van der Waals surface area contributed by atoms with E-state index in [1.165, 1.54) is 0 Å². The standard InChI is InChI=1S/C17H17ClN2O3/c1-22-13-4-6-17(23-2)14(8-13)16(21)10-20-15-5-3-12(18)7-11(15)9-19/h3-8,16,20-21H,10H2,1-2H3. The minimum atomic E-state index is -0.831. The van der Waals surface area contributed by atoms with Crippen LogP contribution in [0, 0.1) is 11.3 Å². The van der Waals surface area contributed by atoms with Crippen LogP contribution in [0.3, 0.4) is 0 Å². The first-order valence-corrected chi connectivity index (χ1v) is 7.30. The molecule has 1 unspecified atom stereocenters. The molecule has 0 aliphatic rings. The van der Waals surface area contributed by atoms with Gasteiger partial charge in [-0.25, -0.2) is 0 Å². The highest BCUT2D eigenvalue weighted by atomic mass is 35.5. The predicted molar refractivity (Wildman–Crippen MR) is 89.2 cm³/mol. The monoisotopic (exact) mass is 332 g/mol. The molecule has 0 heterocycles. The number of benzene rings is 2. The van der Waals surface area contributed by atoms with Gasteiger partial charge in [0.1, 0.15) is 17.6 Å². The Morgan fingerprint density at radius 3 is 2.65 bits per heavy atom. The van der Waals surface area contributed by atoms with Gasteiger partial charge in [-0.2, -0.15) is 5.26 Å². The highest BCUT2D eigenvalue weighted by molar-refractivity contribution is 6.30. The Labute approximate surface area is 140 Å². The van der Waals surface area contributed by atoms with Crippen LogP contribution in [0.1, 0.15) is 17.2 Å². The van der Waals surface area contributed by atoms with E-state index < -0.39 is 6.10 Å². The Kier molecular flexibility index (Phi) is 5.69. The number of aliphatic hydroxyl groups is 1. The van der Waals surface area contributed by atoms with Crippen LogP contribution in [0.5, 0.6) is 11.5 Å². The average molecular weight is 333 g/mol. The molecule has 2 N–H and O–H groups in total. The third-order valence-corrected chi connectivity index (χ3v) is 3.62. The third kappa shape index (κ3) is 4.07. The first-order valence-electron chi connectivity index (χ1n) is 6.92. The molecule has 0 radical (unpaired) electrons. The molecule has 23 heavy (non-hydrogen) atoms. The van der Waals surface area contributed by atoms with Crippen molar-refractivity contribution in [1.82, 2.24) is 0 Å². The van der Waals surface area contributed by atoms with Gasteiger partial charge in [0.15, 0.2) is 0 Å². The van der Waals surface area contributed by atoms with E-state index in [2.05, 4.69) is 11.4 Å². The highest BCUT2D eigenvalue weighted by Gasteiger charge is 2.15. The van der Waals surface area contributed by atoms with Gasteiger partial charge < -0.3 is 19.9 Å². The van der Waals surface area contributed by atoms with Crippen molar-refractivity contribution in [2.75, 3.05) is 26.1 Å². The Morgan fingerprint density at radius 1 is 1.22 bits per heavy atom. The van der Waals surface area contributed by atoms with Crippen LogP contribution in [0.2, 0.25) is 5.02 Å². The summed E-state index contributed by atoms with van der Waals surface area (Å²) in [4.78, 5) is 0. The summed E-state index contributed by atoms with van der Waals surface area (Å²) in [6.45, 7) is 0.208. The van der Waals surface area contributed by atoms with Crippen LogP contribution in [0.15, 0.2) is 36.4 Å². The average Bonchev–Trinajstić information content (AvgIpc) is 2.59. The van der Waals surface area contributed by atoms with Gasteiger partial charge in [-0.1, -0.05) is 11.6 Å². The minimum absolute atomic E-state index is 0.208. The fourth-order valence-corrected chi connectivity index (χ4v) is 2.35. The van der Waals surface area contributed by atoms with E-state index in [9.17, 15) is 5.11 Å². The van der Waals surface area contributed by atoms with Gasteiger partial charge in [-0.15, -0.1) is 0 Å². The second-order valence-corrected chi connectivity index (χ2v) is 5.24. The van der Waals surface area contributed by atoms with E-state index in [-0.39, 0.29) is 6.54 Å². The Morgan fingerprint density at radius 2 is 2.00 bits per heavy atom. The normalized spacial score (nSPS) is 11.4. The van der Waals surface area contributed by atoms with E-state index in [4.69, 9.17) is 26.3 Å². The number of nitrogens with one attached hydrogen (secondary N) is 1. The highest BCUT2D eigenvalue weighted by Crippen LogP contribution is 2.30. The molecular formula is C17H17ClN2O3. The Bertz CT molecular complexity index is 728. The molecule has 0 spiro atoms. The minimum Gasteiger partial charge on any atom is -0.497 e. The summed E-state index contributed by atoms with van der Waals surface area (Å²) in [5.74, 6) is 1.20. The molecule has 0 bridgehead atoms. The number of halogens is 1. The summed E-state index contributed by atoms with van der Waals surface area (Å²) < 4.78 is 10.4. The molecular weight excluding hydrogens is 316 g/mol. The first kappa shape index (κ1) is 16.9. The maximum Gasteiger partial charge on any atom is 0.124 e. The molecule has 0 saturated carbocycles. The molecule has 2 aromatic carbocycles. The first-order chi connectivity index (χ1) is 11.1. The van der Waals surface area contributed by atoms with Gasteiger partial charge in [-0.3, -0.25) is 0 Å². The van der Waals surface area contributed by atoms with Gasteiger partial charge in [0.05, 0.1) is 31.6 Å². The van der Waals surface area contributed by atoms with Crippen LogP contribution < -0.4 is 14.8 Å². The number of anilines is 1. The third-order valence-electron chi connectivity index (χ3n) is 3.38. The van der Waals surface area contributed by atoms with E-state index in [1.807, 2.05) is 0 Å². The number of rotatable bonds is 6. The lowest BCUT2D eigenvalue weighted by Gasteiger charge is -2.17. The molecule has 0 aliphatic carbocycles.